The van der Waals surface area contributed by atoms with Crippen LogP contribution in [-0.4, -0.2) is 7.11 Å². The number of ether oxygens (including phenoxy) is 1. The third kappa shape index (κ3) is 4.21. The zero-order chi connectivity index (χ0) is 18.5. The summed E-state index contributed by atoms with van der Waals surface area (Å²) in [5.74, 6) is -0.154. The van der Waals surface area contributed by atoms with E-state index in [-0.39, 0.29) is 5.82 Å². The molecule has 0 saturated carbocycles. The summed E-state index contributed by atoms with van der Waals surface area (Å²) in [5, 5.41) is 0. The molecule has 26 heavy (non-hydrogen) atoms. The lowest BCUT2D eigenvalue weighted by molar-refractivity contribution is 0.184. The minimum absolute atomic E-state index is 0.154. The highest BCUT2D eigenvalue weighted by atomic mass is 31.0. The summed E-state index contributed by atoms with van der Waals surface area (Å²) in [6.45, 7) is 0.608. The first-order valence-corrected chi connectivity index (χ1v) is 10.2. The molecule has 0 radical (unpaired) electrons. The van der Waals surface area contributed by atoms with Gasteiger partial charge in [-0.3, -0.25) is 0 Å². The third-order valence-electron chi connectivity index (χ3n) is 4.55. The Morgan fingerprint density at radius 1 is 0.692 bits per heavy atom. The normalized spacial score (nSPS) is 10.9. The van der Waals surface area contributed by atoms with Gasteiger partial charge in [-0.15, -0.1) is 18.5 Å². The molecule has 1 nitrogen and oxygen atoms in total. The van der Waals surface area contributed by atoms with Gasteiger partial charge < -0.3 is 4.74 Å². The fraction of sp³-hybridized carbons (Fsp3) is 0.182. The van der Waals surface area contributed by atoms with Crippen molar-refractivity contribution in [3.63, 3.8) is 0 Å². The van der Waals surface area contributed by atoms with E-state index in [1.165, 1.54) is 11.1 Å². The lowest BCUT2D eigenvalue weighted by Gasteiger charge is -2.11. The van der Waals surface area contributed by atoms with Crippen LogP contribution in [-0.2, 0) is 23.7 Å². The molecule has 2 unspecified atom stereocenters. The van der Waals surface area contributed by atoms with Crippen LogP contribution in [0.2, 0.25) is 0 Å². The van der Waals surface area contributed by atoms with E-state index in [0.29, 0.717) is 12.8 Å². The molecule has 0 aliphatic heterocycles. The smallest absolute Gasteiger partial charge is 0.127 e. The van der Waals surface area contributed by atoms with Gasteiger partial charge in [0.2, 0.25) is 0 Å². The molecule has 3 rings (SSSR count). The first-order chi connectivity index (χ1) is 12.7. The molecule has 3 aromatic rings. The van der Waals surface area contributed by atoms with E-state index in [1.807, 2.05) is 24.3 Å². The number of methoxy groups -OCH3 is 1. The molecule has 0 aromatic heterocycles. The van der Waals surface area contributed by atoms with Crippen LogP contribution in [0.15, 0.2) is 60.7 Å². The Balaban J connectivity index is 1.90. The van der Waals surface area contributed by atoms with Gasteiger partial charge in [0.1, 0.15) is 5.82 Å². The molecule has 0 N–H and O–H groups in total. The quantitative estimate of drug-likeness (QED) is 0.470. The van der Waals surface area contributed by atoms with Crippen molar-refractivity contribution in [1.82, 2.24) is 0 Å². The number of hydrogen-bond acceptors (Lipinski definition) is 1. The molecule has 0 aliphatic carbocycles. The van der Waals surface area contributed by atoms with Crippen molar-refractivity contribution in [2.45, 2.75) is 18.9 Å². The monoisotopic (exact) mass is 384 g/mol. The second-order valence-corrected chi connectivity index (χ2v) is 7.02. The number of rotatable bonds is 6. The zero-order valence-corrected chi connectivity index (χ0v) is 17.1. The Morgan fingerprint density at radius 2 is 1.19 bits per heavy atom. The molecule has 0 amide bonds. The molecular formula is C22H23FOP2. The molecule has 0 saturated heterocycles. The fourth-order valence-corrected chi connectivity index (χ4v) is 3.77. The fourth-order valence-electron chi connectivity index (χ4n) is 3.04. The van der Waals surface area contributed by atoms with Gasteiger partial charge in [-0.1, -0.05) is 48.5 Å². The Kier molecular flexibility index (Phi) is 6.54. The standard InChI is InChI=1S/C22H23FOP2/c1-24-12-21-10-17(6-8-19(21)13-25)15-2-4-16(5-3-15)18-7-9-20(14-26)22(23)11-18/h2-11H,12-14,25-26H2,1H3. The van der Waals surface area contributed by atoms with Crippen molar-refractivity contribution in [3.8, 4) is 22.3 Å². The summed E-state index contributed by atoms with van der Waals surface area (Å²) in [4.78, 5) is 0. The lowest BCUT2D eigenvalue weighted by atomic mass is 9.97. The highest BCUT2D eigenvalue weighted by Crippen LogP contribution is 2.28. The summed E-state index contributed by atoms with van der Waals surface area (Å²) < 4.78 is 19.4. The van der Waals surface area contributed by atoms with Gasteiger partial charge in [0.25, 0.3) is 0 Å². The highest BCUT2D eigenvalue weighted by molar-refractivity contribution is 7.15. The van der Waals surface area contributed by atoms with Crippen LogP contribution >= 0.6 is 18.5 Å². The minimum atomic E-state index is -0.154. The molecule has 0 heterocycles. The van der Waals surface area contributed by atoms with Gasteiger partial charge in [0.15, 0.2) is 0 Å². The predicted octanol–water partition coefficient (Wildman–Crippen LogP) is 6.06. The maximum atomic E-state index is 14.0. The van der Waals surface area contributed by atoms with Gasteiger partial charge in [0, 0.05) is 7.11 Å². The Labute approximate surface area is 159 Å². The van der Waals surface area contributed by atoms with Crippen LogP contribution in [0.25, 0.3) is 22.3 Å². The van der Waals surface area contributed by atoms with Crippen molar-refractivity contribution < 1.29 is 9.13 Å². The van der Waals surface area contributed by atoms with Crippen LogP contribution in [0.4, 0.5) is 4.39 Å². The van der Waals surface area contributed by atoms with E-state index in [1.54, 1.807) is 13.2 Å². The first kappa shape index (κ1) is 19.2. The molecule has 0 spiro atoms. The molecule has 4 heteroatoms. The van der Waals surface area contributed by atoms with Gasteiger partial charge in [-0.2, -0.15) is 0 Å². The van der Waals surface area contributed by atoms with Crippen molar-refractivity contribution in [3.05, 3.63) is 83.2 Å². The third-order valence-corrected chi connectivity index (χ3v) is 5.43. The van der Waals surface area contributed by atoms with Crippen LogP contribution in [0.3, 0.4) is 0 Å². The average molecular weight is 384 g/mol. The summed E-state index contributed by atoms with van der Waals surface area (Å²) in [7, 11) is 7.04. The molecular weight excluding hydrogens is 361 g/mol. The van der Waals surface area contributed by atoms with E-state index in [4.69, 9.17) is 4.74 Å². The van der Waals surface area contributed by atoms with Crippen LogP contribution in [0.5, 0.6) is 0 Å². The SMILES string of the molecule is COCc1cc(-c2ccc(-c3ccc(CP)c(F)c3)cc2)ccc1CP. The van der Waals surface area contributed by atoms with E-state index < -0.39 is 0 Å². The number of hydrogen-bond donors (Lipinski definition) is 0. The predicted molar refractivity (Wildman–Crippen MR) is 115 cm³/mol. The van der Waals surface area contributed by atoms with E-state index in [0.717, 1.165) is 34.0 Å². The second-order valence-electron chi connectivity index (χ2n) is 6.21. The zero-order valence-electron chi connectivity index (χ0n) is 14.8. The first-order valence-electron chi connectivity index (χ1n) is 8.56. The Morgan fingerprint density at radius 3 is 1.69 bits per heavy atom. The van der Waals surface area contributed by atoms with Crippen LogP contribution < -0.4 is 0 Å². The highest BCUT2D eigenvalue weighted by Gasteiger charge is 2.07. The molecule has 0 bridgehead atoms. The number of halogens is 1. The van der Waals surface area contributed by atoms with Crippen LogP contribution in [0.1, 0.15) is 16.7 Å². The second kappa shape index (κ2) is 8.87. The van der Waals surface area contributed by atoms with Gasteiger partial charge in [-0.05, 0) is 63.4 Å². The van der Waals surface area contributed by atoms with E-state index in [2.05, 4.69) is 48.8 Å². The molecule has 134 valence electrons. The van der Waals surface area contributed by atoms with Crippen molar-refractivity contribution in [2.75, 3.05) is 7.11 Å². The average Bonchev–Trinajstić information content (AvgIpc) is 2.68. The topological polar surface area (TPSA) is 9.23 Å². The molecule has 2 atom stereocenters. The van der Waals surface area contributed by atoms with Gasteiger partial charge in [0.05, 0.1) is 6.61 Å². The van der Waals surface area contributed by atoms with E-state index >= 15 is 0 Å². The van der Waals surface area contributed by atoms with E-state index in [9.17, 15) is 4.39 Å². The van der Waals surface area contributed by atoms with Crippen LogP contribution in [0, 0.1) is 5.82 Å². The molecule has 3 aromatic carbocycles. The van der Waals surface area contributed by atoms with Crippen molar-refractivity contribution in [1.29, 1.82) is 0 Å². The number of benzene rings is 3. The lowest BCUT2D eigenvalue weighted by Crippen LogP contribution is -1.94. The molecule has 0 fully saturated rings. The minimum Gasteiger partial charge on any atom is -0.380 e. The summed E-state index contributed by atoms with van der Waals surface area (Å²) in [6.07, 6.45) is 1.54. The summed E-state index contributed by atoms with van der Waals surface area (Å²) >= 11 is 0. The largest absolute Gasteiger partial charge is 0.380 e. The van der Waals surface area contributed by atoms with Gasteiger partial charge in [-0.25, -0.2) is 4.39 Å². The Bertz CT molecular complexity index is 891. The molecule has 0 aliphatic rings. The summed E-state index contributed by atoms with van der Waals surface area (Å²) in [5.41, 5.74) is 7.42. The van der Waals surface area contributed by atoms with Gasteiger partial charge >= 0.3 is 0 Å². The van der Waals surface area contributed by atoms with Crippen molar-refractivity contribution >= 4 is 18.5 Å². The Hall–Kier alpha value is -1.59. The maximum Gasteiger partial charge on any atom is 0.127 e. The maximum absolute atomic E-state index is 14.0. The van der Waals surface area contributed by atoms with Crippen molar-refractivity contribution in [2.24, 2.45) is 0 Å². The summed E-state index contributed by atoms with van der Waals surface area (Å²) in [6, 6.07) is 20.2.